The molecule has 0 atom stereocenters. The highest BCUT2D eigenvalue weighted by atomic mass is 35.5. The van der Waals surface area contributed by atoms with E-state index in [1.807, 2.05) is 61.5 Å². The maximum absolute atomic E-state index is 13.3. The molecule has 1 N–H and O–H groups in total. The minimum atomic E-state index is -0.382. The zero-order valence-electron chi connectivity index (χ0n) is 17.8. The van der Waals surface area contributed by atoms with E-state index in [0.29, 0.717) is 27.2 Å². The number of hydrogen-bond donors (Lipinski definition) is 1. The summed E-state index contributed by atoms with van der Waals surface area (Å²) < 4.78 is 11.8. The Hall–Kier alpha value is -3.57. The first-order valence-electron chi connectivity index (χ1n) is 10.3. The molecular weight excluding hydrogens is 426 g/mol. The molecule has 1 amide bonds. The van der Waals surface area contributed by atoms with Crippen LogP contribution in [0.25, 0.3) is 22.3 Å². The third kappa shape index (κ3) is 4.53. The van der Waals surface area contributed by atoms with Crippen LogP contribution in [0.1, 0.15) is 18.1 Å². The van der Waals surface area contributed by atoms with Crippen LogP contribution < -0.4 is 15.5 Å². The van der Waals surface area contributed by atoms with Gasteiger partial charge in [-0.25, -0.2) is 0 Å². The summed E-state index contributed by atoms with van der Waals surface area (Å²) in [5.41, 5.74) is 3.32. The van der Waals surface area contributed by atoms with Crippen molar-refractivity contribution in [2.45, 2.75) is 20.3 Å². The van der Waals surface area contributed by atoms with Gasteiger partial charge < -0.3 is 14.5 Å². The predicted molar refractivity (Wildman–Crippen MR) is 128 cm³/mol. The van der Waals surface area contributed by atoms with Crippen molar-refractivity contribution >= 4 is 34.2 Å². The van der Waals surface area contributed by atoms with Gasteiger partial charge in [0.2, 0.25) is 11.2 Å². The Morgan fingerprint density at radius 1 is 1.06 bits per heavy atom. The van der Waals surface area contributed by atoms with E-state index in [-0.39, 0.29) is 29.5 Å². The SMILES string of the molecule is CCc1ccc(NC(=O)COc2c(-c3ccccc3)oc3cc(C)c(Cl)cc3c2=O)cc1. The lowest BCUT2D eigenvalue weighted by Gasteiger charge is -2.13. The second-order valence-electron chi connectivity index (χ2n) is 7.44. The number of nitrogens with one attached hydrogen (secondary N) is 1. The van der Waals surface area contributed by atoms with Crippen molar-refractivity contribution in [1.29, 1.82) is 0 Å². The largest absolute Gasteiger partial charge is 0.476 e. The lowest BCUT2D eigenvalue weighted by Crippen LogP contribution is -2.22. The van der Waals surface area contributed by atoms with E-state index in [2.05, 4.69) is 12.2 Å². The minimum Gasteiger partial charge on any atom is -0.476 e. The van der Waals surface area contributed by atoms with Crippen LogP contribution in [0.3, 0.4) is 0 Å². The number of amides is 1. The standard InChI is InChI=1S/C26H22ClNO4/c1-3-17-9-11-19(12-10-17)28-23(29)15-31-26-24(30)20-14-21(27)16(2)13-22(20)32-25(26)18-7-5-4-6-8-18/h4-14H,3,15H2,1-2H3,(H,28,29). The second kappa shape index (κ2) is 9.28. The first-order valence-corrected chi connectivity index (χ1v) is 10.7. The van der Waals surface area contributed by atoms with E-state index in [9.17, 15) is 9.59 Å². The highest BCUT2D eigenvalue weighted by Crippen LogP contribution is 2.32. The Labute approximate surface area is 190 Å². The normalized spacial score (nSPS) is 10.8. The fourth-order valence-corrected chi connectivity index (χ4v) is 3.53. The summed E-state index contributed by atoms with van der Waals surface area (Å²) in [6.07, 6.45) is 0.918. The number of carbonyl (C=O) groups is 1. The molecule has 1 heterocycles. The molecule has 0 fully saturated rings. The average molecular weight is 448 g/mol. The quantitative estimate of drug-likeness (QED) is 0.393. The molecule has 0 saturated heterocycles. The van der Waals surface area contributed by atoms with Gasteiger partial charge in [-0.1, -0.05) is 61.0 Å². The molecule has 0 bridgehead atoms. The van der Waals surface area contributed by atoms with Crippen LogP contribution in [0.15, 0.2) is 75.9 Å². The lowest BCUT2D eigenvalue weighted by atomic mass is 10.1. The first-order chi connectivity index (χ1) is 15.5. The third-order valence-electron chi connectivity index (χ3n) is 5.16. The van der Waals surface area contributed by atoms with Crippen LogP contribution in [0, 0.1) is 6.92 Å². The summed E-state index contributed by atoms with van der Waals surface area (Å²) in [6, 6.07) is 20.0. The molecule has 6 heteroatoms. The first kappa shape index (κ1) is 21.7. The molecule has 0 radical (unpaired) electrons. The van der Waals surface area contributed by atoms with E-state index in [1.54, 1.807) is 12.1 Å². The summed E-state index contributed by atoms with van der Waals surface area (Å²) in [5, 5.41) is 3.53. The van der Waals surface area contributed by atoms with Crippen LogP contribution in [0.2, 0.25) is 5.02 Å². The van der Waals surface area contributed by atoms with Gasteiger partial charge in [-0.15, -0.1) is 0 Å². The van der Waals surface area contributed by atoms with E-state index in [1.165, 1.54) is 5.56 Å². The van der Waals surface area contributed by atoms with Crippen LogP contribution >= 0.6 is 11.6 Å². The van der Waals surface area contributed by atoms with Crippen molar-refractivity contribution in [3.8, 4) is 17.1 Å². The smallest absolute Gasteiger partial charge is 0.262 e. The van der Waals surface area contributed by atoms with E-state index >= 15 is 0 Å². The number of halogens is 1. The van der Waals surface area contributed by atoms with E-state index < -0.39 is 0 Å². The van der Waals surface area contributed by atoms with Crippen molar-refractivity contribution in [3.05, 3.63) is 93.1 Å². The van der Waals surface area contributed by atoms with Crippen molar-refractivity contribution < 1.29 is 13.9 Å². The van der Waals surface area contributed by atoms with Gasteiger partial charge in [-0.05, 0) is 48.7 Å². The van der Waals surface area contributed by atoms with Crippen LogP contribution in [0.5, 0.6) is 5.75 Å². The molecule has 0 aliphatic heterocycles. The number of carbonyl (C=O) groups excluding carboxylic acids is 1. The molecule has 0 aliphatic rings. The van der Waals surface area contributed by atoms with Crippen molar-refractivity contribution in [2.24, 2.45) is 0 Å². The summed E-state index contributed by atoms with van der Waals surface area (Å²) in [6.45, 7) is 3.56. The zero-order valence-corrected chi connectivity index (χ0v) is 18.5. The molecule has 1 aromatic heterocycles. The number of hydrogen-bond acceptors (Lipinski definition) is 4. The van der Waals surface area contributed by atoms with E-state index in [4.69, 9.17) is 20.8 Å². The maximum Gasteiger partial charge on any atom is 0.262 e. The number of rotatable bonds is 6. The predicted octanol–water partition coefficient (Wildman–Crippen LogP) is 6.00. The fraction of sp³-hybridized carbons (Fsp3) is 0.154. The summed E-state index contributed by atoms with van der Waals surface area (Å²) in [7, 11) is 0. The maximum atomic E-state index is 13.3. The molecule has 162 valence electrons. The monoisotopic (exact) mass is 447 g/mol. The Kier molecular flexibility index (Phi) is 6.28. The molecule has 0 spiro atoms. The van der Waals surface area contributed by atoms with Crippen molar-refractivity contribution in [3.63, 3.8) is 0 Å². The average Bonchev–Trinajstić information content (AvgIpc) is 2.81. The number of fused-ring (bicyclic) bond motifs is 1. The molecule has 4 rings (SSSR count). The lowest BCUT2D eigenvalue weighted by molar-refractivity contribution is -0.118. The van der Waals surface area contributed by atoms with Gasteiger partial charge in [0.1, 0.15) is 5.58 Å². The summed E-state index contributed by atoms with van der Waals surface area (Å²) in [4.78, 5) is 25.7. The molecule has 0 saturated carbocycles. The highest BCUT2D eigenvalue weighted by molar-refractivity contribution is 6.32. The number of benzene rings is 3. The van der Waals surface area contributed by atoms with Crippen LogP contribution in [-0.2, 0) is 11.2 Å². The molecule has 5 nitrogen and oxygen atoms in total. The van der Waals surface area contributed by atoms with E-state index in [0.717, 1.165) is 12.0 Å². The number of ether oxygens (including phenoxy) is 1. The molecule has 4 aromatic rings. The number of anilines is 1. The van der Waals surface area contributed by atoms with Gasteiger partial charge in [-0.3, -0.25) is 9.59 Å². The molecule has 0 aliphatic carbocycles. The second-order valence-corrected chi connectivity index (χ2v) is 7.85. The van der Waals surface area contributed by atoms with Crippen molar-refractivity contribution in [2.75, 3.05) is 11.9 Å². The Morgan fingerprint density at radius 2 is 1.78 bits per heavy atom. The van der Waals surface area contributed by atoms with Crippen molar-refractivity contribution in [1.82, 2.24) is 0 Å². The summed E-state index contributed by atoms with van der Waals surface area (Å²) >= 11 is 6.22. The topological polar surface area (TPSA) is 68.5 Å². The highest BCUT2D eigenvalue weighted by Gasteiger charge is 2.19. The fourth-order valence-electron chi connectivity index (χ4n) is 3.37. The molecule has 32 heavy (non-hydrogen) atoms. The molecular formula is C26H22ClNO4. The van der Waals surface area contributed by atoms with Gasteiger partial charge in [0, 0.05) is 16.3 Å². The van der Waals surface area contributed by atoms with Gasteiger partial charge in [0.25, 0.3) is 5.91 Å². The minimum absolute atomic E-state index is 0.0277. The molecule has 0 unspecified atom stereocenters. The Bertz CT molecular complexity index is 1330. The van der Waals surface area contributed by atoms with Gasteiger partial charge in [0.05, 0.1) is 5.39 Å². The van der Waals surface area contributed by atoms with Gasteiger partial charge in [0.15, 0.2) is 12.4 Å². The van der Waals surface area contributed by atoms with Crippen LogP contribution in [0.4, 0.5) is 5.69 Å². The Balaban J connectivity index is 1.67. The summed E-state index contributed by atoms with van der Waals surface area (Å²) in [5.74, 6) is -0.139. The Morgan fingerprint density at radius 3 is 2.47 bits per heavy atom. The third-order valence-corrected chi connectivity index (χ3v) is 5.57. The molecule has 3 aromatic carbocycles. The van der Waals surface area contributed by atoms with Gasteiger partial charge >= 0.3 is 0 Å². The van der Waals surface area contributed by atoms with Crippen LogP contribution in [-0.4, -0.2) is 12.5 Å². The van der Waals surface area contributed by atoms with Gasteiger partial charge in [-0.2, -0.15) is 0 Å². The zero-order chi connectivity index (χ0) is 22.7. The number of aryl methyl sites for hydroxylation is 2.